The molecule has 0 atom stereocenters. The molecule has 0 fully saturated rings. The lowest BCUT2D eigenvalue weighted by Crippen LogP contribution is -2.30. The molecule has 1 aromatic rings. The highest BCUT2D eigenvalue weighted by Gasteiger charge is 2.13. The molecule has 0 N–H and O–H groups in total. The van der Waals surface area contributed by atoms with Gasteiger partial charge >= 0.3 is 0 Å². The van der Waals surface area contributed by atoms with Gasteiger partial charge in [-0.1, -0.05) is 38.3 Å². The highest BCUT2D eigenvalue weighted by molar-refractivity contribution is 6.29. The van der Waals surface area contributed by atoms with E-state index in [0.717, 1.165) is 18.9 Å². The van der Waals surface area contributed by atoms with Gasteiger partial charge in [-0.3, -0.25) is 0 Å². The van der Waals surface area contributed by atoms with E-state index in [2.05, 4.69) is 35.6 Å². The Kier molecular flexibility index (Phi) is 7.10. The number of rotatable bonds is 8. The summed E-state index contributed by atoms with van der Waals surface area (Å²) in [5, 5.41) is 0.472. The molecular weight excluding hydrogens is 262 g/mol. The number of methoxy groups -OCH3 is 1. The van der Waals surface area contributed by atoms with E-state index in [1.165, 1.54) is 12.8 Å². The van der Waals surface area contributed by atoms with E-state index in [-0.39, 0.29) is 0 Å². The third-order valence-electron chi connectivity index (χ3n) is 3.34. The van der Waals surface area contributed by atoms with Gasteiger partial charge in [-0.05, 0) is 12.8 Å². The predicted molar refractivity (Wildman–Crippen MR) is 79.7 cm³/mol. The first-order valence-electron chi connectivity index (χ1n) is 6.91. The van der Waals surface area contributed by atoms with Gasteiger partial charge in [-0.2, -0.15) is 0 Å². The van der Waals surface area contributed by atoms with Crippen LogP contribution in [-0.2, 0) is 11.3 Å². The van der Waals surface area contributed by atoms with Crippen molar-refractivity contribution < 1.29 is 4.74 Å². The molecule has 108 valence electrons. The monoisotopic (exact) mass is 285 g/mol. The average Bonchev–Trinajstić information content (AvgIpc) is 2.40. The van der Waals surface area contributed by atoms with Gasteiger partial charge in [0.15, 0.2) is 5.82 Å². The van der Waals surface area contributed by atoms with Crippen molar-refractivity contribution >= 4 is 17.4 Å². The number of nitrogens with zero attached hydrogens (tertiary/aromatic N) is 3. The highest BCUT2D eigenvalue weighted by Crippen LogP contribution is 2.19. The molecule has 0 unspecified atom stereocenters. The van der Waals surface area contributed by atoms with Gasteiger partial charge in [-0.25, -0.2) is 9.97 Å². The Balaban J connectivity index is 2.90. The largest absolute Gasteiger partial charge is 0.377 e. The van der Waals surface area contributed by atoms with E-state index < -0.39 is 0 Å². The minimum atomic E-state index is 0.385. The lowest BCUT2D eigenvalue weighted by Gasteiger charge is -2.26. The Morgan fingerprint density at radius 3 is 2.47 bits per heavy atom. The Morgan fingerprint density at radius 1 is 1.26 bits per heavy atom. The van der Waals surface area contributed by atoms with Crippen molar-refractivity contribution in [1.29, 1.82) is 0 Å². The first-order chi connectivity index (χ1) is 9.14. The van der Waals surface area contributed by atoms with Crippen LogP contribution in [0.25, 0.3) is 0 Å². The fourth-order valence-corrected chi connectivity index (χ4v) is 2.25. The Bertz CT molecular complexity index is 383. The molecule has 0 aliphatic rings. The molecule has 0 aromatic carbocycles. The Hall–Kier alpha value is -0.870. The van der Waals surface area contributed by atoms with Crippen molar-refractivity contribution in [3.8, 4) is 0 Å². The van der Waals surface area contributed by atoms with E-state index in [4.69, 9.17) is 16.3 Å². The molecule has 0 amide bonds. The minimum Gasteiger partial charge on any atom is -0.377 e. The van der Waals surface area contributed by atoms with Crippen LogP contribution in [0.2, 0.25) is 5.15 Å². The second-order valence-corrected chi connectivity index (χ2v) is 5.01. The van der Waals surface area contributed by atoms with E-state index >= 15 is 0 Å². The molecule has 0 spiro atoms. The van der Waals surface area contributed by atoms with Crippen molar-refractivity contribution in [3.63, 3.8) is 0 Å². The number of ether oxygens (including phenoxy) is 1. The highest BCUT2D eigenvalue weighted by atomic mass is 35.5. The standard InChI is InChI=1S/C14H24ClN3O/c1-5-11(6-2)9-18(7-3)14-8-12(15)16-13(17-14)10-19-4/h8,11H,5-7,9-10H2,1-4H3. The Morgan fingerprint density at radius 2 is 1.95 bits per heavy atom. The van der Waals surface area contributed by atoms with Gasteiger partial charge < -0.3 is 9.64 Å². The maximum Gasteiger partial charge on any atom is 0.158 e. The van der Waals surface area contributed by atoms with Crippen LogP contribution in [0.4, 0.5) is 5.82 Å². The topological polar surface area (TPSA) is 38.2 Å². The SMILES string of the molecule is CCC(CC)CN(CC)c1cc(Cl)nc(COC)n1. The van der Waals surface area contributed by atoms with Crippen LogP contribution in [0, 0.1) is 5.92 Å². The quantitative estimate of drug-likeness (QED) is 0.685. The second kappa shape index (κ2) is 8.33. The fourth-order valence-electron chi connectivity index (χ4n) is 2.05. The molecule has 1 rings (SSSR count). The number of hydrogen-bond donors (Lipinski definition) is 0. The lowest BCUT2D eigenvalue weighted by atomic mass is 10.0. The smallest absolute Gasteiger partial charge is 0.158 e. The van der Waals surface area contributed by atoms with Crippen LogP contribution >= 0.6 is 11.6 Å². The average molecular weight is 286 g/mol. The van der Waals surface area contributed by atoms with Crippen LogP contribution in [0.3, 0.4) is 0 Å². The number of aromatic nitrogens is 2. The zero-order chi connectivity index (χ0) is 14.3. The van der Waals surface area contributed by atoms with E-state index in [1.54, 1.807) is 7.11 Å². The third-order valence-corrected chi connectivity index (χ3v) is 3.53. The van der Waals surface area contributed by atoms with Crippen molar-refractivity contribution in [2.24, 2.45) is 5.92 Å². The molecule has 19 heavy (non-hydrogen) atoms. The molecule has 0 saturated heterocycles. The van der Waals surface area contributed by atoms with Gasteiger partial charge in [0, 0.05) is 26.3 Å². The summed E-state index contributed by atoms with van der Waals surface area (Å²) in [4.78, 5) is 10.9. The summed E-state index contributed by atoms with van der Waals surface area (Å²) < 4.78 is 5.07. The number of hydrogen-bond acceptors (Lipinski definition) is 4. The van der Waals surface area contributed by atoms with Crippen molar-refractivity contribution in [3.05, 3.63) is 17.0 Å². The summed E-state index contributed by atoms with van der Waals surface area (Å²) in [6.07, 6.45) is 2.35. The second-order valence-electron chi connectivity index (χ2n) is 4.62. The van der Waals surface area contributed by atoms with Crippen molar-refractivity contribution in [1.82, 2.24) is 9.97 Å². The summed E-state index contributed by atoms with van der Waals surface area (Å²) in [7, 11) is 1.63. The van der Waals surface area contributed by atoms with Crippen LogP contribution in [-0.4, -0.2) is 30.2 Å². The van der Waals surface area contributed by atoms with Crippen molar-refractivity contribution in [2.45, 2.75) is 40.2 Å². The number of anilines is 1. The van der Waals surface area contributed by atoms with Gasteiger partial charge in [0.1, 0.15) is 17.6 Å². The van der Waals surface area contributed by atoms with Crippen LogP contribution in [0.1, 0.15) is 39.4 Å². The summed E-state index contributed by atoms with van der Waals surface area (Å²) >= 11 is 6.06. The van der Waals surface area contributed by atoms with E-state index in [9.17, 15) is 0 Å². The van der Waals surface area contributed by atoms with Gasteiger partial charge in [0.2, 0.25) is 0 Å². The summed E-state index contributed by atoms with van der Waals surface area (Å²) in [5.41, 5.74) is 0. The molecule has 5 heteroatoms. The fraction of sp³-hybridized carbons (Fsp3) is 0.714. The molecule has 0 radical (unpaired) electrons. The van der Waals surface area contributed by atoms with Gasteiger partial charge in [0.05, 0.1) is 0 Å². The first-order valence-corrected chi connectivity index (χ1v) is 7.29. The maximum atomic E-state index is 6.06. The summed E-state index contributed by atoms with van der Waals surface area (Å²) in [5.74, 6) is 2.20. The van der Waals surface area contributed by atoms with Gasteiger partial charge in [-0.15, -0.1) is 0 Å². The first kappa shape index (κ1) is 16.2. The van der Waals surface area contributed by atoms with E-state index in [0.29, 0.717) is 23.5 Å². The van der Waals surface area contributed by atoms with Crippen LogP contribution < -0.4 is 4.90 Å². The molecule has 4 nitrogen and oxygen atoms in total. The zero-order valence-corrected chi connectivity index (χ0v) is 13.1. The van der Waals surface area contributed by atoms with Crippen molar-refractivity contribution in [2.75, 3.05) is 25.1 Å². The van der Waals surface area contributed by atoms with E-state index in [1.807, 2.05) is 6.07 Å². The molecular formula is C14H24ClN3O. The molecule has 0 aliphatic carbocycles. The molecule has 1 heterocycles. The third kappa shape index (κ3) is 4.96. The molecule has 1 aromatic heterocycles. The lowest BCUT2D eigenvalue weighted by molar-refractivity contribution is 0.178. The molecule has 0 aliphatic heterocycles. The van der Waals surface area contributed by atoms with Gasteiger partial charge in [0.25, 0.3) is 0 Å². The minimum absolute atomic E-state index is 0.385. The number of halogens is 1. The Labute approximate surface area is 121 Å². The zero-order valence-electron chi connectivity index (χ0n) is 12.3. The normalized spacial score (nSPS) is 11.1. The van der Waals surface area contributed by atoms with Crippen LogP contribution in [0.15, 0.2) is 6.07 Å². The predicted octanol–water partition coefficient (Wildman–Crippen LogP) is 3.54. The summed E-state index contributed by atoms with van der Waals surface area (Å²) in [6.45, 7) is 8.89. The maximum absolute atomic E-state index is 6.06. The van der Waals surface area contributed by atoms with Crippen LogP contribution in [0.5, 0.6) is 0 Å². The molecule has 0 saturated carbocycles. The molecule has 0 bridgehead atoms. The summed E-state index contributed by atoms with van der Waals surface area (Å²) in [6, 6.07) is 1.83.